The van der Waals surface area contributed by atoms with Crippen molar-refractivity contribution in [2.45, 2.75) is 18.2 Å². The second kappa shape index (κ2) is 12.1. The van der Waals surface area contributed by atoms with Gasteiger partial charge >= 0.3 is 5.97 Å². The molecule has 3 aromatic carbocycles. The average molecular weight is 557 g/mol. The van der Waals surface area contributed by atoms with Crippen LogP contribution in [-0.2, 0) is 16.1 Å². The van der Waals surface area contributed by atoms with Crippen molar-refractivity contribution in [3.05, 3.63) is 114 Å². The van der Waals surface area contributed by atoms with Crippen molar-refractivity contribution in [2.24, 2.45) is 5.73 Å². The van der Waals surface area contributed by atoms with Gasteiger partial charge in [-0.05, 0) is 71.1 Å². The highest BCUT2D eigenvalue weighted by atomic mass is 32.2. The molecule has 40 heavy (non-hydrogen) atoms. The molecule has 0 saturated carbocycles. The molecule has 1 fully saturated rings. The molecular formula is C30H25FN4O4S. The number of rotatable bonds is 8. The first-order valence-electron chi connectivity index (χ1n) is 12.5. The van der Waals surface area contributed by atoms with Gasteiger partial charge in [0.2, 0.25) is 0 Å². The van der Waals surface area contributed by atoms with Gasteiger partial charge in [-0.25, -0.2) is 8.70 Å². The molecule has 0 bridgehead atoms. The Balaban J connectivity index is 1.50. The quantitative estimate of drug-likeness (QED) is 0.226. The van der Waals surface area contributed by atoms with Crippen LogP contribution < -0.4 is 15.4 Å². The summed E-state index contributed by atoms with van der Waals surface area (Å²) in [6.45, 7) is 0.512. The molecule has 10 heteroatoms. The fourth-order valence-electron chi connectivity index (χ4n) is 4.26. The number of pyridine rings is 1. The zero-order valence-corrected chi connectivity index (χ0v) is 22.1. The van der Waals surface area contributed by atoms with Crippen LogP contribution in [-0.4, -0.2) is 34.6 Å². The maximum atomic E-state index is 14.0. The maximum absolute atomic E-state index is 14.0. The Bertz CT molecular complexity index is 1570. The number of benzene rings is 3. The molecule has 4 aromatic rings. The van der Waals surface area contributed by atoms with Crippen LogP contribution in [0.2, 0.25) is 0 Å². The second-order valence-corrected chi connectivity index (χ2v) is 10.1. The van der Waals surface area contributed by atoms with E-state index in [4.69, 9.17) is 10.5 Å². The summed E-state index contributed by atoms with van der Waals surface area (Å²) in [5.74, 6) is -1.78. The van der Waals surface area contributed by atoms with Crippen molar-refractivity contribution in [1.82, 2.24) is 4.98 Å². The third-order valence-electron chi connectivity index (χ3n) is 6.33. The van der Waals surface area contributed by atoms with E-state index in [9.17, 15) is 18.8 Å². The molecule has 0 spiro atoms. The van der Waals surface area contributed by atoms with E-state index in [1.165, 1.54) is 16.6 Å². The van der Waals surface area contributed by atoms with Crippen LogP contribution in [0.3, 0.4) is 0 Å². The van der Waals surface area contributed by atoms with Crippen LogP contribution in [0.25, 0.3) is 11.1 Å². The highest BCUT2D eigenvalue weighted by Crippen LogP contribution is 2.35. The molecular weight excluding hydrogens is 531 g/mol. The van der Waals surface area contributed by atoms with Crippen LogP contribution in [0, 0.1) is 5.82 Å². The Morgan fingerprint density at radius 2 is 1.88 bits per heavy atom. The minimum atomic E-state index is -0.644. The first kappa shape index (κ1) is 27.0. The number of nitrogens with one attached hydrogen (secondary N) is 1. The van der Waals surface area contributed by atoms with Gasteiger partial charge in [0, 0.05) is 30.3 Å². The number of hydrogen-bond donors (Lipinski definition) is 2. The SMILES string of the molecule is NCc1ccc(C(=O)Nc2ccncc2F)cc1-c1cccc(N(SC2CCOC2=O)C(=O)c2ccccc2)c1. The fraction of sp³-hybridized carbons (Fsp3) is 0.133. The van der Waals surface area contributed by atoms with Gasteiger partial charge in [0.15, 0.2) is 5.82 Å². The topological polar surface area (TPSA) is 115 Å². The average Bonchev–Trinajstić information content (AvgIpc) is 3.40. The van der Waals surface area contributed by atoms with Crippen molar-refractivity contribution in [2.75, 3.05) is 16.2 Å². The van der Waals surface area contributed by atoms with Crippen LogP contribution in [0.15, 0.2) is 91.3 Å². The Morgan fingerprint density at radius 3 is 2.60 bits per heavy atom. The normalized spacial score (nSPS) is 14.4. The smallest absolute Gasteiger partial charge is 0.321 e. The molecule has 0 radical (unpaired) electrons. The highest BCUT2D eigenvalue weighted by Gasteiger charge is 2.32. The molecule has 3 N–H and O–H groups in total. The van der Waals surface area contributed by atoms with Gasteiger partial charge in [-0.1, -0.05) is 36.4 Å². The largest absolute Gasteiger partial charge is 0.465 e. The molecule has 1 atom stereocenters. The number of ether oxygens (including phenoxy) is 1. The fourth-order valence-corrected chi connectivity index (χ4v) is 5.31. The van der Waals surface area contributed by atoms with E-state index in [1.54, 1.807) is 54.6 Å². The van der Waals surface area contributed by atoms with E-state index in [0.29, 0.717) is 41.0 Å². The first-order valence-corrected chi connectivity index (χ1v) is 13.4. The second-order valence-electron chi connectivity index (χ2n) is 8.95. The summed E-state index contributed by atoms with van der Waals surface area (Å²) in [6.07, 6.45) is 2.91. The number of cyclic esters (lactones) is 1. The summed E-state index contributed by atoms with van der Waals surface area (Å²) in [4.78, 5) is 42.5. The van der Waals surface area contributed by atoms with E-state index in [0.717, 1.165) is 23.7 Å². The lowest BCUT2D eigenvalue weighted by Gasteiger charge is -2.24. The Hall–Kier alpha value is -4.54. The third-order valence-corrected chi connectivity index (χ3v) is 7.60. The Labute approximate surface area is 234 Å². The van der Waals surface area contributed by atoms with Crippen LogP contribution >= 0.6 is 11.9 Å². The molecule has 1 saturated heterocycles. The summed E-state index contributed by atoms with van der Waals surface area (Å²) < 4.78 is 20.7. The highest BCUT2D eigenvalue weighted by molar-refractivity contribution is 8.02. The number of carbonyl (C=O) groups excluding carboxylic acids is 3. The predicted molar refractivity (Wildman–Crippen MR) is 152 cm³/mol. The lowest BCUT2D eigenvalue weighted by Crippen LogP contribution is -2.28. The minimum absolute atomic E-state index is 0.0176. The summed E-state index contributed by atoms with van der Waals surface area (Å²) in [7, 11) is 0. The first-order chi connectivity index (χ1) is 19.4. The maximum Gasteiger partial charge on any atom is 0.321 e. The number of hydrogen-bond acceptors (Lipinski definition) is 7. The van der Waals surface area contributed by atoms with E-state index in [-0.39, 0.29) is 24.1 Å². The van der Waals surface area contributed by atoms with Crippen molar-refractivity contribution >= 4 is 41.1 Å². The lowest BCUT2D eigenvalue weighted by atomic mass is 9.96. The zero-order valence-electron chi connectivity index (χ0n) is 21.2. The van der Waals surface area contributed by atoms with E-state index < -0.39 is 17.0 Å². The number of nitrogens with zero attached hydrogens (tertiary/aromatic N) is 2. The number of anilines is 2. The number of carbonyl (C=O) groups is 3. The number of halogens is 1. The molecule has 1 aliphatic rings. The number of aromatic nitrogens is 1. The molecule has 8 nitrogen and oxygen atoms in total. The van der Waals surface area contributed by atoms with E-state index >= 15 is 0 Å². The zero-order chi connectivity index (χ0) is 28.1. The summed E-state index contributed by atoms with van der Waals surface area (Å²) >= 11 is 1.12. The van der Waals surface area contributed by atoms with Gasteiger partial charge in [0.25, 0.3) is 11.8 Å². The molecule has 1 unspecified atom stereocenters. The molecule has 0 aliphatic carbocycles. The number of esters is 1. The van der Waals surface area contributed by atoms with Gasteiger partial charge in [-0.3, -0.25) is 19.4 Å². The van der Waals surface area contributed by atoms with Crippen LogP contribution in [0.1, 0.15) is 32.7 Å². The third kappa shape index (κ3) is 5.88. The van der Waals surface area contributed by atoms with Gasteiger partial charge in [0.05, 0.1) is 24.2 Å². The summed E-state index contributed by atoms with van der Waals surface area (Å²) in [5, 5.41) is 2.05. The van der Waals surface area contributed by atoms with Gasteiger partial charge in [0.1, 0.15) is 5.25 Å². The monoisotopic (exact) mass is 556 g/mol. The van der Waals surface area contributed by atoms with Gasteiger partial charge < -0.3 is 15.8 Å². The summed E-state index contributed by atoms with van der Waals surface area (Å²) in [6, 6.07) is 22.5. The molecule has 1 aliphatic heterocycles. The number of amides is 2. The molecule has 5 rings (SSSR count). The Morgan fingerprint density at radius 1 is 1.05 bits per heavy atom. The van der Waals surface area contributed by atoms with Crippen molar-refractivity contribution in [3.8, 4) is 11.1 Å². The van der Waals surface area contributed by atoms with Crippen molar-refractivity contribution in [1.29, 1.82) is 0 Å². The van der Waals surface area contributed by atoms with E-state index in [1.807, 2.05) is 18.2 Å². The van der Waals surface area contributed by atoms with Gasteiger partial charge in [-0.2, -0.15) is 0 Å². The standard InChI is InChI=1S/C30H25FN4O4S/c31-25-18-33-13-11-26(25)34-28(36)21-9-10-22(17-32)24(16-21)20-7-4-8-23(15-20)35(40-27-12-14-39-30(27)38)29(37)19-5-2-1-3-6-19/h1-11,13,15-16,18,27H,12,14,17,32H2,(H,33,34,36). The van der Waals surface area contributed by atoms with Gasteiger partial charge in [-0.15, -0.1) is 0 Å². The summed E-state index contributed by atoms with van der Waals surface area (Å²) in [5.41, 5.74) is 9.53. The van der Waals surface area contributed by atoms with Crippen LogP contribution in [0.4, 0.5) is 15.8 Å². The van der Waals surface area contributed by atoms with Crippen LogP contribution in [0.5, 0.6) is 0 Å². The molecule has 202 valence electrons. The van der Waals surface area contributed by atoms with Crippen molar-refractivity contribution in [3.63, 3.8) is 0 Å². The predicted octanol–water partition coefficient (Wildman–Crippen LogP) is 5.21. The lowest BCUT2D eigenvalue weighted by molar-refractivity contribution is -0.137. The molecule has 2 amide bonds. The minimum Gasteiger partial charge on any atom is -0.465 e. The number of nitrogens with two attached hydrogens (primary N) is 1. The Kier molecular flexibility index (Phi) is 8.18. The molecule has 1 aromatic heterocycles. The van der Waals surface area contributed by atoms with Crippen molar-refractivity contribution < 1.29 is 23.5 Å². The van der Waals surface area contributed by atoms with E-state index in [2.05, 4.69) is 10.3 Å². The molecule has 2 heterocycles.